The van der Waals surface area contributed by atoms with Gasteiger partial charge in [0.1, 0.15) is 11.9 Å². The topological polar surface area (TPSA) is 49.4 Å². The summed E-state index contributed by atoms with van der Waals surface area (Å²) in [6.07, 6.45) is 1.56. The molecule has 4 nitrogen and oxygen atoms in total. The van der Waals surface area contributed by atoms with E-state index in [0.717, 1.165) is 23.1 Å². The summed E-state index contributed by atoms with van der Waals surface area (Å²) >= 11 is 0. The Labute approximate surface area is 166 Å². The van der Waals surface area contributed by atoms with Gasteiger partial charge >= 0.3 is 0 Å². The number of rotatable bonds is 9. The van der Waals surface area contributed by atoms with Crippen molar-refractivity contribution in [1.29, 1.82) is 0 Å². The highest BCUT2D eigenvalue weighted by molar-refractivity contribution is 5.88. The van der Waals surface area contributed by atoms with Crippen molar-refractivity contribution in [2.24, 2.45) is 0 Å². The summed E-state index contributed by atoms with van der Waals surface area (Å²) in [4.78, 5) is 27.4. The molecule has 0 saturated heterocycles. The fourth-order valence-electron chi connectivity index (χ4n) is 3.17. The van der Waals surface area contributed by atoms with Gasteiger partial charge in [-0.1, -0.05) is 55.8 Å². The second-order valence-corrected chi connectivity index (χ2v) is 7.03. The molecular weight excluding hydrogens is 355 g/mol. The quantitative estimate of drug-likeness (QED) is 0.710. The molecule has 0 aromatic heterocycles. The molecule has 0 aliphatic heterocycles. The van der Waals surface area contributed by atoms with E-state index in [2.05, 4.69) is 5.32 Å². The summed E-state index contributed by atoms with van der Waals surface area (Å²) in [6.45, 7) is 6.71. The lowest BCUT2D eigenvalue weighted by atomic mass is 10.1. The van der Waals surface area contributed by atoms with Crippen LogP contribution in [0.2, 0.25) is 0 Å². The highest BCUT2D eigenvalue weighted by Gasteiger charge is 2.28. The van der Waals surface area contributed by atoms with Gasteiger partial charge < -0.3 is 10.2 Å². The van der Waals surface area contributed by atoms with E-state index in [1.165, 1.54) is 12.1 Å². The molecule has 0 radical (unpaired) electrons. The van der Waals surface area contributed by atoms with Gasteiger partial charge in [0.2, 0.25) is 11.8 Å². The van der Waals surface area contributed by atoms with Gasteiger partial charge in [0.25, 0.3) is 0 Å². The Morgan fingerprint density at radius 3 is 2.39 bits per heavy atom. The normalized spacial score (nSPS) is 11.7. The smallest absolute Gasteiger partial charge is 0.242 e. The van der Waals surface area contributed by atoms with E-state index in [0.29, 0.717) is 13.0 Å². The van der Waals surface area contributed by atoms with Gasteiger partial charge in [0.15, 0.2) is 0 Å². The standard InChI is InChI=1S/C23H29FN2O2/c1-4-13-25-23(28)21(5-2)26(16-18-9-11-20(24)12-10-18)22(27)15-19-8-6-7-17(3)14-19/h6-12,14,21H,4-5,13,15-16H2,1-3H3,(H,25,28)/t21-/m0/s1. The number of nitrogens with one attached hydrogen (secondary N) is 1. The average molecular weight is 384 g/mol. The number of nitrogens with zero attached hydrogens (tertiary/aromatic N) is 1. The van der Waals surface area contributed by atoms with Crippen LogP contribution in [0.4, 0.5) is 4.39 Å². The SMILES string of the molecule is CCCNC(=O)[C@H](CC)N(Cc1ccc(F)cc1)C(=O)Cc1cccc(C)c1. The van der Waals surface area contributed by atoms with E-state index in [-0.39, 0.29) is 30.6 Å². The van der Waals surface area contributed by atoms with E-state index in [1.54, 1.807) is 17.0 Å². The predicted molar refractivity (Wildman–Crippen MR) is 109 cm³/mol. The Kier molecular flexibility index (Phi) is 8.18. The van der Waals surface area contributed by atoms with Crippen LogP contribution in [0.1, 0.15) is 43.4 Å². The van der Waals surface area contributed by atoms with Crippen LogP contribution in [-0.2, 0) is 22.6 Å². The summed E-state index contributed by atoms with van der Waals surface area (Å²) in [5.41, 5.74) is 2.79. The number of benzene rings is 2. The van der Waals surface area contributed by atoms with Crippen molar-refractivity contribution in [2.75, 3.05) is 6.54 Å². The molecule has 2 aromatic rings. The van der Waals surface area contributed by atoms with Crippen molar-refractivity contribution in [2.45, 2.75) is 52.6 Å². The van der Waals surface area contributed by atoms with Crippen molar-refractivity contribution >= 4 is 11.8 Å². The molecule has 0 saturated carbocycles. The van der Waals surface area contributed by atoms with E-state index < -0.39 is 6.04 Å². The van der Waals surface area contributed by atoms with Crippen LogP contribution in [0, 0.1) is 12.7 Å². The third-order valence-corrected chi connectivity index (χ3v) is 4.64. The number of halogens is 1. The number of carbonyl (C=O) groups excluding carboxylic acids is 2. The van der Waals surface area contributed by atoms with Crippen molar-refractivity contribution < 1.29 is 14.0 Å². The van der Waals surface area contributed by atoms with E-state index >= 15 is 0 Å². The molecule has 0 bridgehead atoms. The summed E-state index contributed by atoms with van der Waals surface area (Å²) in [5.74, 6) is -0.591. The third kappa shape index (κ3) is 6.19. The lowest BCUT2D eigenvalue weighted by Crippen LogP contribution is -2.49. The van der Waals surface area contributed by atoms with Crippen LogP contribution in [0.15, 0.2) is 48.5 Å². The number of hydrogen-bond donors (Lipinski definition) is 1. The zero-order chi connectivity index (χ0) is 20.5. The maximum atomic E-state index is 13.3. The molecule has 1 atom stereocenters. The van der Waals surface area contributed by atoms with Gasteiger partial charge in [-0.2, -0.15) is 0 Å². The molecule has 0 aliphatic rings. The maximum absolute atomic E-state index is 13.3. The number of hydrogen-bond acceptors (Lipinski definition) is 2. The fourth-order valence-corrected chi connectivity index (χ4v) is 3.17. The van der Waals surface area contributed by atoms with Crippen molar-refractivity contribution in [3.05, 3.63) is 71.0 Å². The Morgan fingerprint density at radius 2 is 1.79 bits per heavy atom. The van der Waals surface area contributed by atoms with Gasteiger partial charge in [0.05, 0.1) is 6.42 Å². The first-order chi connectivity index (χ1) is 13.4. The van der Waals surface area contributed by atoms with Gasteiger partial charge in [-0.3, -0.25) is 9.59 Å². The molecule has 2 aromatic carbocycles. The molecule has 0 aliphatic carbocycles. The van der Waals surface area contributed by atoms with E-state index in [9.17, 15) is 14.0 Å². The first kappa shape index (κ1) is 21.6. The summed E-state index contributed by atoms with van der Waals surface area (Å²) in [6, 6.07) is 13.3. The summed E-state index contributed by atoms with van der Waals surface area (Å²) in [5, 5.41) is 2.89. The molecule has 1 N–H and O–H groups in total. The Hall–Kier alpha value is -2.69. The summed E-state index contributed by atoms with van der Waals surface area (Å²) in [7, 11) is 0. The van der Waals surface area contributed by atoms with Crippen LogP contribution >= 0.6 is 0 Å². The molecule has 5 heteroatoms. The molecule has 0 fully saturated rings. The highest BCUT2D eigenvalue weighted by Crippen LogP contribution is 2.16. The van der Waals surface area contributed by atoms with Crippen LogP contribution in [0.25, 0.3) is 0 Å². The van der Waals surface area contributed by atoms with Gasteiger partial charge in [-0.25, -0.2) is 4.39 Å². The average Bonchev–Trinajstić information content (AvgIpc) is 2.67. The lowest BCUT2D eigenvalue weighted by Gasteiger charge is -2.31. The molecular formula is C23H29FN2O2. The Balaban J connectivity index is 2.26. The third-order valence-electron chi connectivity index (χ3n) is 4.64. The van der Waals surface area contributed by atoms with Crippen molar-refractivity contribution in [1.82, 2.24) is 10.2 Å². The molecule has 2 amide bonds. The molecule has 0 unspecified atom stereocenters. The highest BCUT2D eigenvalue weighted by atomic mass is 19.1. The fraction of sp³-hybridized carbons (Fsp3) is 0.391. The van der Waals surface area contributed by atoms with E-state index in [1.807, 2.05) is 45.0 Å². The minimum Gasteiger partial charge on any atom is -0.354 e. The molecule has 0 spiro atoms. The first-order valence-corrected chi connectivity index (χ1v) is 9.81. The second kappa shape index (κ2) is 10.6. The maximum Gasteiger partial charge on any atom is 0.242 e. The number of carbonyl (C=O) groups is 2. The van der Waals surface area contributed by atoms with Crippen LogP contribution < -0.4 is 5.32 Å². The number of aryl methyl sites for hydroxylation is 1. The second-order valence-electron chi connectivity index (χ2n) is 7.03. The van der Waals surface area contributed by atoms with Crippen LogP contribution in [0.3, 0.4) is 0 Å². The zero-order valence-corrected chi connectivity index (χ0v) is 16.9. The Morgan fingerprint density at radius 1 is 1.07 bits per heavy atom. The predicted octanol–water partition coefficient (Wildman–Crippen LogP) is 4.01. The Bertz CT molecular complexity index is 789. The van der Waals surface area contributed by atoms with Crippen LogP contribution in [0.5, 0.6) is 0 Å². The lowest BCUT2D eigenvalue weighted by molar-refractivity contribution is -0.140. The van der Waals surface area contributed by atoms with Crippen molar-refractivity contribution in [3.63, 3.8) is 0 Å². The monoisotopic (exact) mass is 384 g/mol. The molecule has 150 valence electrons. The van der Waals surface area contributed by atoms with Gasteiger partial charge in [-0.05, 0) is 43.0 Å². The number of amides is 2. The van der Waals surface area contributed by atoms with E-state index in [4.69, 9.17) is 0 Å². The molecule has 2 rings (SSSR count). The first-order valence-electron chi connectivity index (χ1n) is 9.81. The zero-order valence-electron chi connectivity index (χ0n) is 16.9. The van der Waals surface area contributed by atoms with Gasteiger partial charge in [-0.15, -0.1) is 0 Å². The minimum atomic E-state index is -0.561. The summed E-state index contributed by atoms with van der Waals surface area (Å²) < 4.78 is 13.3. The minimum absolute atomic E-state index is 0.117. The van der Waals surface area contributed by atoms with Gasteiger partial charge in [0, 0.05) is 13.1 Å². The molecule has 28 heavy (non-hydrogen) atoms. The van der Waals surface area contributed by atoms with Crippen LogP contribution in [-0.4, -0.2) is 29.3 Å². The van der Waals surface area contributed by atoms with Crippen molar-refractivity contribution in [3.8, 4) is 0 Å². The largest absolute Gasteiger partial charge is 0.354 e. The molecule has 0 heterocycles.